The maximum absolute atomic E-state index is 14.6. The van der Waals surface area contributed by atoms with Crippen LogP contribution in [0, 0.1) is 28.0 Å². The summed E-state index contributed by atoms with van der Waals surface area (Å²) in [6.07, 6.45) is -0.177. The van der Waals surface area contributed by atoms with Crippen molar-refractivity contribution in [1.82, 2.24) is 4.90 Å². The lowest BCUT2D eigenvalue weighted by Crippen LogP contribution is -2.74. The zero-order valence-corrected chi connectivity index (χ0v) is 20.0. The lowest BCUT2D eigenvalue weighted by molar-refractivity contribution is -0.199. The highest BCUT2D eigenvalue weighted by Gasteiger charge is 2.67. The summed E-state index contributed by atoms with van der Waals surface area (Å²) in [6, 6.07) is 10.3. The fourth-order valence-electron chi connectivity index (χ4n) is 6.04. The topological polar surface area (TPSA) is 53.3 Å². The highest BCUT2D eigenvalue weighted by Crippen LogP contribution is 2.59. The summed E-state index contributed by atoms with van der Waals surface area (Å²) >= 11 is 6.18. The van der Waals surface area contributed by atoms with Gasteiger partial charge in [0.15, 0.2) is 0 Å². The van der Waals surface area contributed by atoms with E-state index in [-0.39, 0.29) is 40.6 Å². The number of ether oxygens (including phenoxy) is 1. The van der Waals surface area contributed by atoms with Crippen molar-refractivity contribution < 1.29 is 13.9 Å². The maximum atomic E-state index is 14.6. The van der Waals surface area contributed by atoms with Crippen molar-refractivity contribution in [1.29, 1.82) is 5.26 Å². The lowest BCUT2D eigenvalue weighted by atomic mass is 9.49. The van der Waals surface area contributed by atoms with Gasteiger partial charge in [0, 0.05) is 35.0 Å². The minimum atomic E-state index is -0.346. The van der Waals surface area contributed by atoms with Gasteiger partial charge in [-0.05, 0) is 35.2 Å². The van der Waals surface area contributed by atoms with Crippen LogP contribution in [-0.2, 0) is 6.54 Å². The van der Waals surface area contributed by atoms with Gasteiger partial charge in [-0.15, -0.1) is 0 Å². The van der Waals surface area contributed by atoms with Gasteiger partial charge in [-0.2, -0.15) is 5.26 Å². The Morgan fingerprint density at radius 2 is 1.84 bits per heavy atom. The Morgan fingerprint density at radius 1 is 1.19 bits per heavy atom. The summed E-state index contributed by atoms with van der Waals surface area (Å²) in [5.74, 6) is 0.205. The van der Waals surface area contributed by atoms with Gasteiger partial charge in [0.1, 0.15) is 23.7 Å². The molecule has 2 aliphatic rings. The first-order valence-electron chi connectivity index (χ1n) is 10.9. The second-order valence-corrected chi connectivity index (χ2v) is 10.8. The van der Waals surface area contributed by atoms with Crippen molar-refractivity contribution >= 4 is 17.5 Å². The number of benzene rings is 2. The fourth-order valence-corrected chi connectivity index (χ4v) is 6.25. The number of nitrogens with zero attached hydrogens (tertiary/aromatic N) is 2. The van der Waals surface area contributed by atoms with Gasteiger partial charge in [0.05, 0.1) is 10.6 Å². The van der Waals surface area contributed by atoms with E-state index in [1.807, 2.05) is 24.8 Å². The summed E-state index contributed by atoms with van der Waals surface area (Å²) in [7, 11) is 0. The fraction of sp³-hybridized carbons (Fsp3) is 0.462. The standard InChI is InChI=1S/C26H28ClFN2O2/c1-14(2)18-9-16-13-30(22(31)19(16)11-21(18)28)23-25(3,4)24(26(23,5)6)32-17-8-7-15(12-29)20(27)10-17/h7-11,14,23-24H,13H2,1-6H3/t23-,24-. The quantitative estimate of drug-likeness (QED) is 0.543. The number of halogens is 2. The van der Waals surface area contributed by atoms with E-state index in [1.54, 1.807) is 18.2 Å². The van der Waals surface area contributed by atoms with Crippen LogP contribution in [0.2, 0.25) is 5.02 Å². The molecule has 1 fully saturated rings. The number of carbonyl (C=O) groups is 1. The first-order chi connectivity index (χ1) is 14.9. The van der Waals surface area contributed by atoms with E-state index in [1.165, 1.54) is 6.07 Å². The SMILES string of the molecule is CC(C)c1cc2c(cc1F)C(=O)N([C@H]1C(C)(C)[C@H](Oc3ccc(C#N)c(Cl)c3)C1(C)C)C2. The smallest absolute Gasteiger partial charge is 0.254 e. The molecule has 4 rings (SSSR count). The highest BCUT2D eigenvalue weighted by molar-refractivity contribution is 6.31. The molecule has 0 N–H and O–H groups in total. The third-order valence-electron chi connectivity index (χ3n) is 7.06. The Hall–Kier alpha value is -2.58. The first-order valence-corrected chi connectivity index (χ1v) is 11.3. The van der Waals surface area contributed by atoms with Crippen molar-refractivity contribution in [2.24, 2.45) is 10.8 Å². The van der Waals surface area contributed by atoms with E-state index in [9.17, 15) is 9.18 Å². The molecule has 1 amide bonds. The van der Waals surface area contributed by atoms with Crippen LogP contribution in [0.3, 0.4) is 0 Å². The minimum absolute atomic E-state index is 0.0538. The molecule has 1 heterocycles. The molecule has 0 bridgehead atoms. The maximum Gasteiger partial charge on any atom is 0.254 e. The molecule has 0 aromatic heterocycles. The van der Waals surface area contributed by atoms with Gasteiger partial charge in [-0.1, -0.05) is 59.2 Å². The highest BCUT2D eigenvalue weighted by atomic mass is 35.5. The largest absolute Gasteiger partial charge is 0.489 e. The average molecular weight is 455 g/mol. The van der Waals surface area contributed by atoms with Crippen LogP contribution in [0.4, 0.5) is 4.39 Å². The van der Waals surface area contributed by atoms with E-state index in [4.69, 9.17) is 21.6 Å². The predicted octanol–water partition coefficient (Wildman–Crippen LogP) is 6.31. The van der Waals surface area contributed by atoms with Crippen LogP contribution >= 0.6 is 11.6 Å². The summed E-state index contributed by atoms with van der Waals surface area (Å²) in [4.78, 5) is 15.2. The van der Waals surface area contributed by atoms with Crippen LogP contribution in [0.25, 0.3) is 0 Å². The molecule has 32 heavy (non-hydrogen) atoms. The van der Waals surface area contributed by atoms with Crippen LogP contribution < -0.4 is 4.74 Å². The summed E-state index contributed by atoms with van der Waals surface area (Å²) < 4.78 is 20.9. The van der Waals surface area contributed by atoms with Gasteiger partial charge in [0.2, 0.25) is 0 Å². The van der Waals surface area contributed by atoms with Crippen LogP contribution in [0.1, 0.15) is 74.5 Å². The molecule has 2 aromatic rings. The molecule has 1 saturated carbocycles. The third-order valence-corrected chi connectivity index (χ3v) is 7.38. The summed E-state index contributed by atoms with van der Waals surface area (Å²) in [6.45, 7) is 12.7. The number of fused-ring (bicyclic) bond motifs is 1. The lowest BCUT2D eigenvalue weighted by Gasteiger charge is -2.65. The zero-order valence-electron chi connectivity index (χ0n) is 19.3. The molecule has 4 nitrogen and oxygen atoms in total. The normalized spacial score (nSPS) is 23.0. The van der Waals surface area contributed by atoms with Gasteiger partial charge in [-0.3, -0.25) is 4.79 Å². The van der Waals surface area contributed by atoms with E-state index >= 15 is 0 Å². The second kappa shape index (κ2) is 7.49. The Kier molecular flexibility index (Phi) is 5.29. The summed E-state index contributed by atoms with van der Waals surface area (Å²) in [5, 5.41) is 9.45. The number of rotatable bonds is 4. The van der Waals surface area contributed by atoms with Crippen molar-refractivity contribution in [2.75, 3.05) is 0 Å². The minimum Gasteiger partial charge on any atom is -0.489 e. The monoisotopic (exact) mass is 454 g/mol. The predicted molar refractivity (Wildman–Crippen MR) is 122 cm³/mol. The molecule has 168 valence electrons. The van der Waals surface area contributed by atoms with Gasteiger partial charge >= 0.3 is 0 Å². The Morgan fingerprint density at radius 3 is 2.41 bits per heavy atom. The van der Waals surface area contributed by atoms with Gasteiger partial charge in [0.25, 0.3) is 5.91 Å². The number of carbonyl (C=O) groups excluding carboxylic acids is 1. The van der Waals surface area contributed by atoms with Crippen LogP contribution in [-0.4, -0.2) is 23.0 Å². The molecule has 0 atom stereocenters. The molecular weight excluding hydrogens is 427 g/mol. The molecule has 6 heteroatoms. The molecule has 2 aromatic carbocycles. The number of hydrogen-bond acceptors (Lipinski definition) is 3. The average Bonchev–Trinajstić information content (AvgIpc) is 3.00. The molecule has 0 saturated heterocycles. The Balaban J connectivity index is 1.61. The zero-order chi connectivity index (χ0) is 23.6. The number of amides is 1. The van der Waals surface area contributed by atoms with E-state index in [0.717, 1.165) is 5.56 Å². The van der Waals surface area contributed by atoms with Crippen molar-refractivity contribution in [2.45, 2.75) is 66.2 Å². The molecule has 1 aliphatic heterocycles. The summed E-state index contributed by atoms with van der Waals surface area (Å²) in [5.41, 5.74) is 1.70. The second-order valence-electron chi connectivity index (χ2n) is 10.4. The molecular formula is C26H28ClFN2O2. The number of hydrogen-bond donors (Lipinski definition) is 0. The Labute approximate surface area is 193 Å². The number of nitriles is 1. The van der Waals surface area contributed by atoms with E-state index in [0.29, 0.717) is 34.0 Å². The van der Waals surface area contributed by atoms with Gasteiger partial charge in [-0.25, -0.2) is 4.39 Å². The molecule has 0 spiro atoms. The Bertz CT molecular complexity index is 1130. The van der Waals surface area contributed by atoms with Crippen LogP contribution in [0.15, 0.2) is 30.3 Å². The third kappa shape index (κ3) is 3.28. The van der Waals surface area contributed by atoms with E-state index < -0.39 is 0 Å². The van der Waals surface area contributed by atoms with Gasteiger partial charge < -0.3 is 9.64 Å². The van der Waals surface area contributed by atoms with Crippen LogP contribution in [0.5, 0.6) is 5.75 Å². The first kappa shape index (κ1) is 22.6. The van der Waals surface area contributed by atoms with Crippen molar-refractivity contribution in [3.05, 3.63) is 63.4 Å². The van der Waals surface area contributed by atoms with E-state index in [2.05, 4.69) is 33.8 Å². The molecule has 0 radical (unpaired) electrons. The molecule has 0 unspecified atom stereocenters. The van der Waals surface area contributed by atoms with Crippen molar-refractivity contribution in [3.63, 3.8) is 0 Å². The van der Waals surface area contributed by atoms with Crippen molar-refractivity contribution in [3.8, 4) is 11.8 Å². The molecule has 1 aliphatic carbocycles.